The number of thioether (sulfide) groups is 1. The lowest BCUT2D eigenvalue weighted by Crippen LogP contribution is -2.45. The molecule has 0 spiro atoms. The molecule has 0 N–H and O–H groups in total. The van der Waals surface area contributed by atoms with Gasteiger partial charge in [-0.05, 0) is 232 Å². The summed E-state index contributed by atoms with van der Waals surface area (Å²) >= 11 is 17.0. The first-order valence-electron chi connectivity index (χ1n) is 32.5. The number of ether oxygens (including phenoxy) is 2. The molecular weight excluding hydrogens is 1320 g/mol. The third kappa shape index (κ3) is 55.8. The Morgan fingerprint density at radius 1 is 0.452 bits per heavy atom. The van der Waals surface area contributed by atoms with E-state index in [0.29, 0.717) is 46.7 Å². The van der Waals surface area contributed by atoms with Crippen LogP contribution in [0.4, 0.5) is 9.59 Å². The summed E-state index contributed by atoms with van der Waals surface area (Å²) in [6.45, 7) is 60.3. The van der Waals surface area contributed by atoms with Crippen molar-refractivity contribution in [2.75, 3.05) is 106 Å². The molecule has 0 fully saturated rings. The van der Waals surface area contributed by atoms with Crippen molar-refractivity contribution in [3.63, 3.8) is 0 Å². The van der Waals surface area contributed by atoms with E-state index in [4.69, 9.17) is 50.4 Å². The smallest absolute Gasteiger partial charge is 0.409 e. The van der Waals surface area contributed by atoms with Crippen molar-refractivity contribution in [3.05, 3.63) is 0 Å². The maximum Gasteiger partial charge on any atom is 0.409 e. The Labute approximate surface area is 599 Å². The average molecular weight is 1470 g/mol. The third-order valence-corrected chi connectivity index (χ3v) is 23.2. The highest BCUT2D eigenvalue weighted by Crippen LogP contribution is 2.52. The van der Waals surface area contributed by atoms with Gasteiger partial charge in [-0.25, -0.2) is 40.1 Å². The summed E-state index contributed by atoms with van der Waals surface area (Å²) in [7, 11) is 20.1. The minimum Gasteiger partial charge on any atom is -0.474 e. The second-order valence-corrected chi connectivity index (χ2v) is 36.2. The van der Waals surface area contributed by atoms with Gasteiger partial charge in [-0.2, -0.15) is 0 Å². The summed E-state index contributed by atoms with van der Waals surface area (Å²) in [4.78, 5) is 37.6. The first-order chi connectivity index (χ1) is 41.6. The van der Waals surface area contributed by atoms with Crippen LogP contribution in [0.3, 0.4) is 0 Å². The number of thiocarbonyl (C=S) groups is 3. The van der Waals surface area contributed by atoms with E-state index in [1.54, 1.807) is 68.3 Å². The highest BCUT2D eigenvalue weighted by molar-refractivity contribution is 8.23. The van der Waals surface area contributed by atoms with Crippen molar-refractivity contribution in [3.8, 4) is 0 Å². The van der Waals surface area contributed by atoms with E-state index in [1.165, 1.54) is 23.4 Å². The molecule has 2 unspecified atom stereocenters. The molecule has 0 aliphatic rings. The van der Waals surface area contributed by atoms with Gasteiger partial charge in [0, 0.05) is 155 Å². The molecule has 0 aliphatic heterocycles. The topological polar surface area (TPSA) is 175 Å². The molecule has 0 aliphatic carbocycles. The third-order valence-electron chi connectivity index (χ3n) is 14.0. The molecule has 0 heterocycles. The van der Waals surface area contributed by atoms with Crippen LogP contribution in [0.2, 0.25) is 0 Å². The van der Waals surface area contributed by atoms with Gasteiger partial charge in [0.2, 0.25) is 10.0 Å². The Hall–Kier alpha value is -1.75. The quantitative estimate of drug-likeness (QED) is 0.0830. The van der Waals surface area contributed by atoms with Crippen LogP contribution in [-0.4, -0.2) is 286 Å². The predicted molar refractivity (Wildman–Crippen MR) is 421 cm³/mol. The van der Waals surface area contributed by atoms with Gasteiger partial charge < -0.3 is 48.7 Å². The van der Waals surface area contributed by atoms with Crippen molar-refractivity contribution in [1.29, 1.82) is 0 Å². The van der Waals surface area contributed by atoms with Gasteiger partial charge in [0.1, 0.15) is 4.32 Å². The van der Waals surface area contributed by atoms with Crippen LogP contribution in [0.1, 0.15) is 208 Å². The first-order valence-corrected chi connectivity index (χ1v) is 38.8. The van der Waals surface area contributed by atoms with Gasteiger partial charge in [-0.1, -0.05) is 37.8 Å². The van der Waals surface area contributed by atoms with Gasteiger partial charge in [0.05, 0.1) is 36.6 Å². The van der Waals surface area contributed by atoms with Crippen LogP contribution in [0.15, 0.2) is 0 Å². The van der Waals surface area contributed by atoms with E-state index < -0.39 is 28.8 Å². The number of urea groups is 1. The van der Waals surface area contributed by atoms with E-state index >= 15 is 0 Å². The minimum atomic E-state index is -3.07. The lowest BCUT2D eigenvalue weighted by Gasteiger charge is -2.30. The number of hydrogen-bond donors (Lipinski definition) is 0. The number of methoxy groups -OCH3 is 2. The first kappa shape index (κ1) is 110. The van der Waals surface area contributed by atoms with Crippen LogP contribution in [-0.2, 0) is 44.1 Å². The van der Waals surface area contributed by atoms with E-state index in [9.17, 15) is 26.8 Å². The molecule has 0 saturated heterocycles. The van der Waals surface area contributed by atoms with Gasteiger partial charge in [-0.3, -0.25) is 9.05 Å². The standard InChI is InChI=1S/C9H20N2O.C8H20NO3P.C8H17NS2.C7H16N2S.C7H17NO2S.C7H17NOS.C7H17N.C6H13NO2.C6H13NOS/c1-7(2)10(5)9(12)11(6)8(3)4;1-7(2)9(5)13(10,11-6)12-8(3)4;1-6(2)9(5)8(10)11-7(3)4;1-6(2)9(5)7(10)8(3)4;1-6(2)8(5)11(9,10)7(3)4;1-6(2)8(5)10(9)7(3)4;1-6(2)8(5)7(3)4;1-5(2)7(3)6(8)9-4;1-5(2)7(3)6(9)8-4/h7-8H,1-6H3;7-8H,1-6H3;6-7H,1-5H3;6H,1-5H3;6-7H,1-5H3;6-7H,1-5H3;6-7H,1-5H3;2*5H,1-4H3. The summed E-state index contributed by atoms with van der Waals surface area (Å²) in [6.07, 6.45) is -0.392. The molecule has 0 aromatic rings. The Kier molecular flexibility index (Phi) is 68.6. The summed E-state index contributed by atoms with van der Waals surface area (Å²) in [5.74, 6) is 0. The van der Waals surface area contributed by atoms with Crippen LogP contribution >= 0.6 is 56.2 Å². The largest absolute Gasteiger partial charge is 0.474 e. The zero-order valence-electron chi connectivity index (χ0n) is 68.1. The molecule has 0 rings (SSSR count). The Morgan fingerprint density at radius 3 is 0.935 bits per heavy atom. The molecule has 21 nitrogen and oxygen atoms in total. The van der Waals surface area contributed by atoms with E-state index in [-0.39, 0.29) is 58.9 Å². The maximum atomic E-state index is 12.0. The number of sulfonamides is 1. The number of nitrogens with zero attached hydrogens (tertiary/aromatic N) is 11. The van der Waals surface area contributed by atoms with Gasteiger partial charge in [0.25, 0.3) is 5.17 Å². The fourth-order valence-electron chi connectivity index (χ4n) is 4.99. The summed E-state index contributed by atoms with van der Waals surface area (Å²) in [5, 5.41) is 1.92. The molecule has 93 heavy (non-hydrogen) atoms. The average Bonchev–Trinajstić information content (AvgIpc) is 2.08. The van der Waals surface area contributed by atoms with Gasteiger partial charge in [-0.15, -0.1) is 0 Å². The number of carbonyl (C=O) groups is 2. The molecule has 0 aromatic carbocycles. The molecular formula is C65H150N11O10PS6. The second-order valence-electron chi connectivity index (χ2n) is 26.6. The zero-order valence-corrected chi connectivity index (χ0v) is 73.9. The fraction of sp³-hybridized carbons (Fsp3) is 0.923. The molecule has 2 atom stereocenters. The van der Waals surface area contributed by atoms with Crippen molar-refractivity contribution < 1.29 is 45.3 Å². The van der Waals surface area contributed by atoms with E-state index in [2.05, 4.69) is 110 Å². The van der Waals surface area contributed by atoms with Gasteiger partial charge >= 0.3 is 19.9 Å². The maximum absolute atomic E-state index is 12.0. The summed E-state index contributed by atoms with van der Waals surface area (Å²) in [6, 6.07) is 4.11. The SMILES string of the molecule is CC(C)N(C)C(=O)N(C)C(C)C.CC(C)N(C)C(=S)N(C)C.CC(C)N(C)C(C)C.CC(C)N(C)S(=O)(=O)C(C)C.CC(C)N(C)S(=O)C(C)C.CC(C)SC(=S)N(C)C(C)C.COC(=O)N(C)C(C)C.COC(=S)N(C)C(C)C.COP(=O)(OC(C)C)N(C)C(C)C. The van der Waals surface area contributed by atoms with Crippen LogP contribution in [0, 0.1) is 0 Å². The normalized spacial score (nSPS) is 12.2. The summed E-state index contributed by atoms with van der Waals surface area (Å²) < 4.78 is 71.5. The number of carbonyl (C=O) groups excluding carboxylic acids is 2. The van der Waals surface area contributed by atoms with Crippen molar-refractivity contribution >= 4 is 104 Å². The summed E-state index contributed by atoms with van der Waals surface area (Å²) in [5.41, 5.74) is 0. The van der Waals surface area contributed by atoms with Gasteiger partial charge in [0.15, 0.2) is 5.11 Å². The number of hydrogen-bond acceptors (Lipinski definition) is 15. The monoisotopic (exact) mass is 1470 g/mol. The predicted octanol–water partition coefficient (Wildman–Crippen LogP) is 14.8. The molecule has 28 heteroatoms. The van der Waals surface area contributed by atoms with Crippen molar-refractivity contribution in [1.82, 2.24) is 52.5 Å². The van der Waals surface area contributed by atoms with E-state index in [0.717, 1.165) is 9.43 Å². The molecule has 0 bridgehead atoms. The minimum absolute atomic E-state index is 0.0439. The Morgan fingerprint density at radius 2 is 0.796 bits per heavy atom. The number of rotatable bonds is 20. The molecule has 566 valence electrons. The Bertz CT molecular complexity index is 2030. The molecule has 0 radical (unpaired) electrons. The van der Waals surface area contributed by atoms with Crippen molar-refractivity contribution in [2.24, 2.45) is 0 Å². The fourth-order valence-corrected chi connectivity index (χ4v) is 10.9. The van der Waals surface area contributed by atoms with Crippen LogP contribution in [0.5, 0.6) is 0 Å². The zero-order chi connectivity index (χ0) is 77.0. The number of amides is 3. The van der Waals surface area contributed by atoms with Crippen LogP contribution in [0.25, 0.3) is 0 Å². The second kappa shape index (κ2) is 58.1. The lowest BCUT2D eigenvalue weighted by molar-refractivity contribution is 0.123. The Balaban J connectivity index is -0.000000122. The van der Waals surface area contributed by atoms with Crippen molar-refractivity contribution in [2.45, 2.75) is 296 Å². The highest BCUT2D eigenvalue weighted by Gasteiger charge is 2.32. The molecule has 0 saturated carbocycles. The molecule has 3 amide bonds. The lowest BCUT2D eigenvalue weighted by atomic mass is 10.3. The highest BCUT2D eigenvalue weighted by atomic mass is 32.2. The van der Waals surface area contributed by atoms with E-state index in [1.807, 2.05) is 181 Å². The van der Waals surface area contributed by atoms with Crippen LogP contribution < -0.4 is 0 Å². The molecule has 0 aromatic heterocycles.